The summed E-state index contributed by atoms with van der Waals surface area (Å²) in [7, 11) is 0. The Morgan fingerprint density at radius 2 is 1.43 bits per heavy atom. The van der Waals surface area contributed by atoms with Crippen LogP contribution in [0.4, 0.5) is 0 Å². The highest BCUT2D eigenvalue weighted by atomic mass is 16.5. The zero-order valence-electron chi connectivity index (χ0n) is 18.1. The fourth-order valence-corrected chi connectivity index (χ4v) is 4.15. The van der Waals surface area contributed by atoms with Gasteiger partial charge in [0.25, 0.3) is 0 Å². The second-order valence-electron chi connectivity index (χ2n) is 8.18. The van der Waals surface area contributed by atoms with E-state index in [1.807, 2.05) is 19.9 Å². The van der Waals surface area contributed by atoms with Crippen molar-refractivity contribution in [3.63, 3.8) is 0 Å². The van der Waals surface area contributed by atoms with E-state index >= 15 is 0 Å². The molecule has 0 atom stereocenters. The summed E-state index contributed by atoms with van der Waals surface area (Å²) < 4.78 is 10.6. The maximum atomic E-state index is 13.0. The van der Waals surface area contributed by atoms with Crippen molar-refractivity contribution in [2.75, 3.05) is 13.2 Å². The average Bonchev–Trinajstić information content (AvgIpc) is 2.73. The molecule has 1 radical (unpaired) electrons. The van der Waals surface area contributed by atoms with Gasteiger partial charge in [0, 0.05) is 17.3 Å². The van der Waals surface area contributed by atoms with Crippen LogP contribution in [0.3, 0.4) is 0 Å². The molecule has 0 saturated carbocycles. The van der Waals surface area contributed by atoms with Crippen LogP contribution >= 0.6 is 0 Å². The van der Waals surface area contributed by atoms with E-state index in [1.165, 1.54) is 0 Å². The predicted molar refractivity (Wildman–Crippen MR) is 104 cm³/mol. The first-order valence-corrected chi connectivity index (χ1v) is 9.63. The summed E-state index contributed by atoms with van der Waals surface area (Å²) in [5, 5.41) is 17.1. The summed E-state index contributed by atoms with van der Waals surface area (Å²) in [4.78, 5) is 25.7. The van der Waals surface area contributed by atoms with Gasteiger partial charge in [0.05, 0.1) is 35.4 Å². The first-order valence-electron chi connectivity index (χ1n) is 9.63. The monoisotopic (exact) mass is 391 g/mol. The van der Waals surface area contributed by atoms with E-state index in [0.717, 1.165) is 5.06 Å². The van der Waals surface area contributed by atoms with Crippen molar-refractivity contribution in [3.8, 4) is 0 Å². The minimum atomic E-state index is -0.915. The van der Waals surface area contributed by atoms with Crippen LogP contribution < -0.4 is 5.32 Å². The molecule has 2 aliphatic rings. The van der Waals surface area contributed by atoms with Crippen molar-refractivity contribution in [1.29, 1.82) is 0 Å². The standard InChI is InChI=1S/C21H31N2O5/c1-9-27-18(24)15-12(3)22-13(4)16(19(25)28-10-2)17(15)14-11-20(5,6)23(26)21(14,7)8/h11,17,22H,9-10H2,1-8H3. The highest BCUT2D eigenvalue weighted by molar-refractivity contribution is 5.99. The molecule has 0 aliphatic carbocycles. The molecule has 2 rings (SSSR count). The van der Waals surface area contributed by atoms with Gasteiger partial charge >= 0.3 is 11.9 Å². The summed E-state index contributed by atoms with van der Waals surface area (Å²) in [5.41, 5.74) is 0.883. The molecule has 0 spiro atoms. The van der Waals surface area contributed by atoms with Gasteiger partial charge in [0.1, 0.15) is 0 Å². The number of dihydropyridines is 1. The topological polar surface area (TPSA) is 87.8 Å². The van der Waals surface area contributed by atoms with Crippen LogP contribution in [-0.4, -0.2) is 41.3 Å². The molecule has 7 heteroatoms. The van der Waals surface area contributed by atoms with Gasteiger partial charge in [0.2, 0.25) is 0 Å². The predicted octanol–water partition coefficient (Wildman–Crippen LogP) is 3.02. The van der Waals surface area contributed by atoms with Gasteiger partial charge in [-0.05, 0) is 61.0 Å². The van der Waals surface area contributed by atoms with E-state index in [2.05, 4.69) is 5.32 Å². The molecule has 0 amide bonds. The molecule has 155 valence electrons. The lowest BCUT2D eigenvalue weighted by Gasteiger charge is -2.38. The van der Waals surface area contributed by atoms with E-state index in [4.69, 9.17) is 9.47 Å². The lowest BCUT2D eigenvalue weighted by molar-refractivity contribution is -0.239. The number of hydrogen-bond acceptors (Lipinski definition) is 6. The first kappa shape index (κ1) is 22.2. The summed E-state index contributed by atoms with van der Waals surface area (Å²) >= 11 is 0. The van der Waals surface area contributed by atoms with E-state index in [1.54, 1.807) is 41.5 Å². The second-order valence-corrected chi connectivity index (χ2v) is 8.18. The molecular formula is C21H31N2O5. The van der Waals surface area contributed by atoms with Gasteiger partial charge in [0.15, 0.2) is 0 Å². The fraction of sp³-hybridized carbons (Fsp3) is 0.619. The Kier molecular flexibility index (Phi) is 6.11. The molecule has 2 heterocycles. The molecule has 0 bridgehead atoms. The zero-order chi connectivity index (χ0) is 21.4. The number of ether oxygens (including phenoxy) is 2. The molecule has 28 heavy (non-hydrogen) atoms. The molecule has 0 aromatic heterocycles. The molecule has 2 aliphatic heterocycles. The molecule has 0 aromatic rings. The minimum Gasteiger partial charge on any atom is -0.463 e. The van der Waals surface area contributed by atoms with Gasteiger partial charge in [-0.1, -0.05) is 6.08 Å². The third-order valence-electron chi connectivity index (χ3n) is 5.31. The molecular weight excluding hydrogens is 360 g/mol. The van der Waals surface area contributed by atoms with Crippen LogP contribution in [-0.2, 0) is 24.3 Å². The number of carbonyl (C=O) groups excluding carboxylic acids is 2. The quantitative estimate of drug-likeness (QED) is 0.572. The van der Waals surface area contributed by atoms with E-state index in [-0.39, 0.29) is 13.2 Å². The van der Waals surface area contributed by atoms with Crippen molar-refractivity contribution in [3.05, 3.63) is 34.2 Å². The van der Waals surface area contributed by atoms with Gasteiger partial charge in [-0.25, -0.2) is 9.59 Å². The SMILES string of the molecule is CCOC(=O)C1=C(C)NC(C)=C(C(=O)OCC)C1C1=CC(C)(C)N([O])C1(C)C. The van der Waals surface area contributed by atoms with Gasteiger partial charge in [-0.3, -0.25) is 0 Å². The highest BCUT2D eigenvalue weighted by Gasteiger charge is 2.52. The summed E-state index contributed by atoms with van der Waals surface area (Å²) in [6.07, 6.45) is 1.86. The number of allylic oxidation sites excluding steroid dienone is 2. The Hall–Kier alpha value is -2.12. The Balaban J connectivity index is 2.74. The number of hydrogen-bond donors (Lipinski definition) is 1. The molecule has 0 fully saturated rings. The highest BCUT2D eigenvalue weighted by Crippen LogP contribution is 2.48. The maximum absolute atomic E-state index is 13.0. The Bertz CT molecular complexity index is 734. The summed E-state index contributed by atoms with van der Waals surface area (Å²) in [6.45, 7) is 14.7. The number of hydroxylamine groups is 2. The fourth-order valence-electron chi connectivity index (χ4n) is 4.15. The second kappa shape index (κ2) is 7.72. The van der Waals surface area contributed by atoms with Crippen LogP contribution in [0.2, 0.25) is 0 Å². The normalized spacial score (nSPS) is 22.1. The zero-order valence-corrected chi connectivity index (χ0v) is 18.1. The molecule has 0 aromatic carbocycles. The molecule has 7 nitrogen and oxygen atoms in total. The van der Waals surface area contributed by atoms with Crippen molar-refractivity contribution >= 4 is 11.9 Å². The number of carbonyl (C=O) groups is 2. The molecule has 0 saturated heterocycles. The van der Waals surface area contributed by atoms with Crippen molar-refractivity contribution in [1.82, 2.24) is 10.4 Å². The number of nitrogens with one attached hydrogen (secondary N) is 1. The average molecular weight is 391 g/mol. The number of rotatable bonds is 5. The first-order chi connectivity index (χ1) is 12.9. The van der Waals surface area contributed by atoms with E-state index in [9.17, 15) is 14.8 Å². The van der Waals surface area contributed by atoms with Gasteiger partial charge in [-0.15, -0.1) is 10.3 Å². The number of esters is 2. The van der Waals surface area contributed by atoms with E-state index < -0.39 is 28.9 Å². The maximum Gasteiger partial charge on any atom is 0.336 e. The Morgan fingerprint density at radius 3 is 1.75 bits per heavy atom. The van der Waals surface area contributed by atoms with Crippen LogP contribution in [0.5, 0.6) is 0 Å². The van der Waals surface area contributed by atoms with Crippen LogP contribution in [0.15, 0.2) is 34.2 Å². The Morgan fingerprint density at radius 1 is 1.00 bits per heavy atom. The molecule has 1 N–H and O–H groups in total. The lowest BCUT2D eigenvalue weighted by atomic mass is 9.74. The van der Waals surface area contributed by atoms with Crippen LogP contribution in [0.25, 0.3) is 0 Å². The smallest absolute Gasteiger partial charge is 0.336 e. The third kappa shape index (κ3) is 3.61. The summed E-state index contributed by atoms with van der Waals surface area (Å²) in [5.74, 6) is -1.73. The van der Waals surface area contributed by atoms with Crippen molar-refractivity contribution in [2.24, 2.45) is 5.92 Å². The van der Waals surface area contributed by atoms with Crippen molar-refractivity contribution in [2.45, 2.75) is 66.5 Å². The van der Waals surface area contributed by atoms with Gasteiger partial charge in [-0.2, -0.15) is 0 Å². The van der Waals surface area contributed by atoms with Crippen molar-refractivity contribution < 1.29 is 24.3 Å². The van der Waals surface area contributed by atoms with Gasteiger partial charge < -0.3 is 14.8 Å². The lowest BCUT2D eigenvalue weighted by Crippen LogP contribution is -2.48. The minimum absolute atomic E-state index is 0.210. The van der Waals surface area contributed by atoms with Crippen LogP contribution in [0, 0.1) is 5.92 Å². The largest absolute Gasteiger partial charge is 0.463 e. The third-order valence-corrected chi connectivity index (χ3v) is 5.31. The van der Waals surface area contributed by atoms with E-state index in [0.29, 0.717) is 28.1 Å². The Labute approximate surface area is 167 Å². The number of nitrogens with zero attached hydrogens (tertiary/aromatic N) is 1. The van der Waals surface area contributed by atoms with Crippen LogP contribution in [0.1, 0.15) is 55.4 Å². The summed E-state index contributed by atoms with van der Waals surface area (Å²) in [6, 6.07) is 0. The molecule has 0 unspecified atom stereocenters.